The van der Waals surface area contributed by atoms with Crippen molar-refractivity contribution in [1.29, 1.82) is 0 Å². The van der Waals surface area contributed by atoms with E-state index < -0.39 is 12.6 Å². The molecule has 82 valence electrons. The Bertz CT molecular complexity index is 203. The number of amidine groups is 1. The largest absolute Gasteiger partial charge is 0.389 e. The fourth-order valence-electron chi connectivity index (χ4n) is 1.09. The van der Waals surface area contributed by atoms with Gasteiger partial charge in [-0.3, -0.25) is 4.99 Å². The summed E-state index contributed by atoms with van der Waals surface area (Å²) < 4.78 is 35.2. The Morgan fingerprint density at radius 3 is 2.71 bits per heavy atom. The van der Waals surface area contributed by atoms with Crippen molar-refractivity contribution < 1.29 is 13.2 Å². The summed E-state index contributed by atoms with van der Waals surface area (Å²) in [6.45, 7) is 1.40. The van der Waals surface area contributed by atoms with Crippen molar-refractivity contribution >= 4 is 16.9 Å². The van der Waals surface area contributed by atoms with Crippen LogP contribution in [0, 0.1) is 0 Å². The topological polar surface area (TPSA) is 24.4 Å². The van der Waals surface area contributed by atoms with Gasteiger partial charge in [-0.15, -0.1) is 0 Å². The van der Waals surface area contributed by atoms with Crippen LogP contribution in [0.1, 0.15) is 19.3 Å². The molecule has 0 amide bonds. The van der Waals surface area contributed by atoms with Crippen LogP contribution >= 0.6 is 11.8 Å². The van der Waals surface area contributed by atoms with Crippen LogP contribution < -0.4 is 5.32 Å². The Hall–Kier alpha value is -0.390. The van der Waals surface area contributed by atoms with Crippen LogP contribution in [0.2, 0.25) is 0 Å². The Labute approximate surface area is 85.4 Å². The molecule has 0 unspecified atom stereocenters. The number of nitrogens with one attached hydrogen (secondary N) is 1. The zero-order valence-electron chi connectivity index (χ0n) is 7.73. The van der Waals surface area contributed by atoms with Gasteiger partial charge in [-0.05, 0) is 12.8 Å². The molecule has 6 heteroatoms. The number of rotatable bonds is 4. The van der Waals surface area contributed by atoms with E-state index in [0.717, 1.165) is 17.5 Å². The molecule has 0 aliphatic carbocycles. The quantitative estimate of drug-likeness (QED) is 0.744. The number of halogens is 3. The van der Waals surface area contributed by atoms with E-state index in [2.05, 4.69) is 10.3 Å². The average Bonchev–Trinajstić information content (AvgIpc) is 2.54. The standard InChI is InChI=1S/C8H13F3N2S/c9-8(10,11)3-1-2-4-12-7-13-5-6-14-7/h1-6H2,(H,12,13). The summed E-state index contributed by atoms with van der Waals surface area (Å²) in [6, 6.07) is 0. The predicted octanol–water partition coefficient (Wildman–Crippen LogP) is 2.41. The third-order valence-corrected chi connectivity index (χ3v) is 2.68. The van der Waals surface area contributed by atoms with Crippen LogP contribution in [0.25, 0.3) is 0 Å². The summed E-state index contributed by atoms with van der Waals surface area (Å²) in [4.78, 5) is 4.13. The first-order chi connectivity index (χ1) is 6.58. The van der Waals surface area contributed by atoms with E-state index >= 15 is 0 Å². The first-order valence-electron chi connectivity index (χ1n) is 4.56. The maximum Gasteiger partial charge on any atom is 0.389 e. The lowest BCUT2D eigenvalue weighted by molar-refractivity contribution is -0.135. The molecule has 0 aromatic heterocycles. The molecule has 0 aromatic carbocycles. The van der Waals surface area contributed by atoms with Gasteiger partial charge in [0.1, 0.15) is 0 Å². The number of alkyl halides is 3. The van der Waals surface area contributed by atoms with E-state index in [9.17, 15) is 13.2 Å². The minimum Gasteiger partial charge on any atom is -0.365 e. The van der Waals surface area contributed by atoms with Crippen molar-refractivity contribution in [2.24, 2.45) is 4.99 Å². The minimum atomic E-state index is -4.01. The highest BCUT2D eigenvalue weighted by molar-refractivity contribution is 8.14. The SMILES string of the molecule is FC(F)(F)CCCCNC1=NCCS1. The van der Waals surface area contributed by atoms with Crippen molar-refractivity contribution in [3.8, 4) is 0 Å². The van der Waals surface area contributed by atoms with Crippen LogP contribution in [0.3, 0.4) is 0 Å². The lowest BCUT2D eigenvalue weighted by Gasteiger charge is -2.06. The van der Waals surface area contributed by atoms with Gasteiger partial charge >= 0.3 is 6.18 Å². The summed E-state index contributed by atoms with van der Waals surface area (Å²) in [7, 11) is 0. The van der Waals surface area contributed by atoms with Crippen LogP contribution in [0.15, 0.2) is 4.99 Å². The maximum atomic E-state index is 11.7. The molecule has 1 N–H and O–H groups in total. The monoisotopic (exact) mass is 226 g/mol. The average molecular weight is 226 g/mol. The molecule has 1 heterocycles. The Kier molecular flexibility index (Phi) is 4.57. The van der Waals surface area contributed by atoms with E-state index in [-0.39, 0.29) is 6.42 Å². The van der Waals surface area contributed by atoms with Gasteiger partial charge in [-0.1, -0.05) is 11.8 Å². The summed E-state index contributed by atoms with van der Waals surface area (Å²) in [6.07, 6.45) is -3.97. The van der Waals surface area contributed by atoms with Crippen molar-refractivity contribution in [2.75, 3.05) is 18.8 Å². The zero-order chi connectivity index (χ0) is 10.4. The molecule has 0 radical (unpaired) electrons. The third kappa shape index (κ3) is 5.36. The second kappa shape index (κ2) is 5.48. The summed E-state index contributed by atoms with van der Waals surface area (Å²) in [5, 5.41) is 3.89. The van der Waals surface area contributed by atoms with Crippen LogP contribution in [0.5, 0.6) is 0 Å². The van der Waals surface area contributed by atoms with Gasteiger partial charge in [-0.25, -0.2) is 0 Å². The second-order valence-corrected chi connectivity index (χ2v) is 4.12. The fourth-order valence-corrected chi connectivity index (χ4v) is 1.85. The summed E-state index contributed by atoms with van der Waals surface area (Å²) in [5.41, 5.74) is 0. The lowest BCUT2D eigenvalue weighted by Crippen LogP contribution is -2.20. The van der Waals surface area contributed by atoms with Gasteiger partial charge in [0.05, 0.1) is 6.54 Å². The highest BCUT2D eigenvalue weighted by atomic mass is 32.2. The second-order valence-electron chi connectivity index (χ2n) is 3.03. The number of hydrogen-bond donors (Lipinski definition) is 1. The molecule has 1 aliphatic rings. The molecule has 0 saturated heterocycles. The number of hydrogen-bond acceptors (Lipinski definition) is 3. The molecule has 0 saturated carbocycles. The van der Waals surface area contributed by atoms with Crippen molar-refractivity contribution in [2.45, 2.75) is 25.4 Å². The molecule has 1 aliphatic heterocycles. The zero-order valence-corrected chi connectivity index (χ0v) is 8.55. The summed E-state index contributed by atoms with van der Waals surface area (Å²) >= 11 is 1.62. The van der Waals surface area contributed by atoms with Crippen LogP contribution in [-0.4, -0.2) is 30.2 Å². The maximum absolute atomic E-state index is 11.7. The molecule has 1 rings (SSSR count). The molecule has 0 atom stereocenters. The van der Waals surface area contributed by atoms with E-state index in [0.29, 0.717) is 13.0 Å². The van der Waals surface area contributed by atoms with E-state index in [1.807, 2.05) is 0 Å². The third-order valence-electron chi connectivity index (χ3n) is 1.75. The smallest absolute Gasteiger partial charge is 0.365 e. The fraction of sp³-hybridized carbons (Fsp3) is 0.875. The van der Waals surface area contributed by atoms with Crippen LogP contribution in [0.4, 0.5) is 13.2 Å². The van der Waals surface area contributed by atoms with Gasteiger partial charge < -0.3 is 5.32 Å². The van der Waals surface area contributed by atoms with Crippen molar-refractivity contribution in [3.05, 3.63) is 0 Å². The first kappa shape index (κ1) is 11.7. The normalized spacial score (nSPS) is 16.9. The lowest BCUT2D eigenvalue weighted by atomic mass is 10.2. The highest BCUT2D eigenvalue weighted by Gasteiger charge is 2.25. The van der Waals surface area contributed by atoms with Gasteiger partial charge in [-0.2, -0.15) is 13.2 Å². The highest BCUT2D eigenvalue weighted by Crippen LogP contribution is 2.21. The molecule has 14 heavy (non-hydrogen) atoms. The number of nitrogens with zero attached hydrogens (tertiary/aromatic N) is 1. The van der Waals surface area contributed by atoms with Gasteiger partial charge in [0, 0.05) is 18.7 Å². The van der Waals surface area contributed by atoms with E-state index in [1.54, 1.807) is 11.8 Å². The van der Waals surface area contributed by atoms with Gasteiger partial charge in [0.15, 0.2) is 5.17 Å². The Morgan fingerprint density at radius 1 is 1.36 bits per heavy atom. The van der Waals surface area contributed by atoms with Gasteiger partial charge in [0.25, 0.3) is 0 Å². The van der Waals surface area contributed by atoms with E-state index in [1.165, 1.54) is 0 Å². The number of aliphatic imine (C=N–C) groups is 1. The predicted molar refractivity (Wildman–Crippen MR) is 52.7 cm³/mol. The van der Waals surface area contributed by atoms with E-state index in [4.69, 9.17) is 0 Å². The van der Waals surface area contributed by atoms with Crippen molar-refractivity contribution in [3.63, 3.8) is 0 Å². The number of thioether (sulfide) groups is 1. The van der Waals surface area contributed by atoms with Crippen molar-refractivity contribution in [1.82, 2.24) is 5.32 Å². The molecule has 0 aromatic rings. The molecule has 2 nitrogen and oxygen atoms in total. The Balaban J connectivity index is 1.94. The van der Waals surface area contributed by atoms with Gasteiger partial charge in [0.2, 0.25) is 0 Å². The molecular weight excluding hydrogens is 213 g/mol. The summed E-state index contributed by atoms with van der Waals surface area (Å²) in [5.74, 6) is 0.977. The molecule has 0 fully saturated rings. The molecule has 0 spiro atoms. The minimum absolute atomic E-state index is 0.189. The molecular formula is C8H13F3N2S. The number of unbranched alkanes of at least 4 members (excludes halogenated alkanes) is 1. The molecule has 0 bridgehead atoms. The first-order valence-corrected chi connectivity index (χ1v) is 5.54. The Morgan fingerprint density at radius 2 is 2.14 bits per heavy atom. The van der Waals surface area contributed by atoms with Crippen LogP contribution in [-0.2, 0) is 0 Å².